The number of benzene rings is 2. The van der Waals surface area contributed by atoms with E-state index in [1.165, 1.54) is 35.5 Å². The van der Waals surface area contributed by atoms with Gasteiger partial charge >= 0.3 is 12.1 Å². The molecule has 2 aromatic rings. The van der Waals surface area contributed by atoms with Gasteiger partial charge in [-0.15, -0.1) is 0 Å². The molecule has 1 aliphatic heterocycles. The lowest BCUT2D eigenvalue weighted by molar-refractivity contribution is -0.186. The molecule has 1 amide bonds. The SMILES string of the molecule is COc1cc2c(cc1OC)-c1c(cc(OC)c(OC)c1OC)CN(C(=O)C(F)(F)F)C2. The predicted molar refractivity (Wildman–Crippen MR) is 105 cm³/mol. The van der Waals surface area contributed by atoms with Crippen LogP contribution in [0.4, 0.5) is 13.2 Å². The van der Waals surface area contributed by atoms with Crippen LogP contribution in [0.1, 0.15) is 11.1 Å². The zero-order chi connectivity index (χ0) is 22.9. The molecule has 0 saturated heterocycles. The second kappa shape index (κ2) is 8.44. The molecule has 0 aromatic heterocycles. The summed E-state index contributed by atoms with van der Waals surface area (Å²) in [7, 11) is 7.12. The van der Waals surface area contributed by atoms with Crippen molar-refractivity contribution in [1.82, 2.24) is 4.90 Å². The Morgan fingerprint density at radius 1 is 0.774 bits per heavy atom. The van der Waals surface area contributed by atoms with Gasteiger partial charge in [0.25, 0.3) is 0 Å². The van der Waals surface area contributed by atoms with Crippen LogP contribution in [-0.4, -0.2) is 52.5 Å². The van der Waals surface area contributed by atoms with Crippen molar-refractivity contribution in [2.75, 3.05) is 35.5 Å². The monoisotopic (exact) mass is 441 g/mol. The topological polar surface area (TPSA) is 66.5 Å². The zero-order valence-corrected chi connectivity index (χ0v) is 17.7. The number of ether oxygens (including phenoxy) is 5. The molecule has 2 aromatic carbocycles. The molecule has 7 nitrogen and oxygen atoms in total. The first kappa shape index (κ1) is 22.4. The van der Waals surface area contributed by atoms with E-state index in [1.807, 2.05) is 0 Å². The van der Waals surface area contributed by atoms with E-state index < -0.39 is 12.1 Å². The average Bonchev–Trinajstić information content (AvgIpc) is 2.91. The molecule has 0 radical (unpaired) electrons. The van der Waals surface area contributed by atoms with Crippen LogP contribution in [0.2, 0.25) is 0 Å². The van der Waals surface area contributed by atoms with Gasteiger partial charge < -0.3 is 28.6 Å². The van der Waals surface area contributed by atoms with Crippen molar-refractivity contribution >= 4 is 5.91 Å². The van der Waals surface area contributed by atoms with E-state index in [0.29, 0.717) is 33.8 Å². The second-order valence-electron chi connectivity index (χ2n) is 6.70. The van der Waals surface area contributed by atoms with Crippen LogP contribution in [0.25, 0.3) is 11.1 Å². The summed E-state index contributed by atoms with van der Waals surface area (Å²) in [4.78, 5) is 12.9. The molecule has 31 heavy (non-hydrogen) atoms. The number of methoxy groups -OCH3 is 5. The number of carbonyl (C=O) groups is 1. The quantitative estimate of drug-likeness (QED) is 0.703. The van der Waals surface area contributed by atoms with Crippen molar-refractivity contribution < 1.29 is 41.7 Å². The number of amides is 1. The van der Waals surface area contributed by atoms with Gasteiger partial charge in [-0.25, -0.2) is 0 Å². The summed E-state index contributed by atoms with van der Waals surface area (Å²) in [5, 5.41) is 0. The molecular formula is C21H22F3NO6. The summed E-state index contributed by atoms with van der Waals surface area (Å²) >= 11 is 0. The van der Waals surface area contributed by atoms with Gasteiger partial charge in [0.1, 0.15) is 0 Å². The molecule has 10 heteroatoms. The van der Waals surface area contributed by atoms with Gasteiger partial charge in [0.05, 0.1) is 35.5 Å². The maximum absolute atomic E-state index is 13.3. The molecule has 1 heterocycles. The largest absolute Gasteiger partial charge is 0.493 e. The van der Waals surface area contributed by atoms with Gasteiger partial charge in [0, 0.05) is 18.7 Å². The van der Waals surface area contributed by atoms with Gasteiger partial charge in [-0.3, -0.25) is 4.79 Å². The van der Waals surface area contributed by atoms with Gasteiger partial charge in [-0.05, 0) is 34.9 Å². The fraction of sp³-hybridized carbons (Fsp3) is 0.381. The van der Waals surface area contributed by atoms with Crippen molar-refractivity contribution in [3.63, 3.8) is 0 Å². The molecular weight excluding hydrogens is 419 g/mol. The van der Waals surface area contributed by atoms with E-state index in [1.54, 1.807) is 18.2 Å². The highest BCUT2D eigenvalue weighted by Crippen LogP contribution is 2.51. The molecule has 0 aliphatic carbocycles. The number of halogens is 3. The van der Waals surface area contributed by atoms with E-state index >= 15 is 0 Å². The van der Waals surface area contributed by atoms with Crippen LogP contribution in [0.3, 0.4) is 0 Å². The lowest BCUT2D eigenvalue weighted by Crippen LogP contribution is -2.39. The first-order valence-electron chi connectivity index (χ1n) is 9.13. The van der Waals surface area contributed by atoms with E-state index in [-0.39, 0.29) is 30.3 Å². The standard InChI is InChI=1S/C21H22F3NO6/c1-27-14-6-11-9-25(20(26)21(22,23)24)10-12-7-16(29-3)18(30-4)19(31-5)17(12)13(11)8-15(14)28-2/h6-8H,9-10H2,1-5H3. The van der Waals surface area contributed by atoms with E-state index in [0.717, 1.165) is 4.90 Å². The Labute approximate surface area is 177 Å². The Kier molecular flexibility index (Phi) is 6.10. The van der Waals surface area contributed by atoms with Crippen LogP contribution >= 0.6 is 0 Å². The first-order valence-corrected chi connectivity index (χ1v) is 9.13. The number of rotatable bonds is 5. The molecule has 0 fully saturated rings. The third-order valence-corrected chi connectivity index (χ3v) is 5.04. The van der Waals surface area contributed by atoms with E-state index in [4.69, 9.17) is 23.7 Å². The van der Waals surface area contributed by atoms with Crippen molar-refractivity contribution in [2.24, 2.45) is 0 Å². The number of fused-ring (bicyclic) bond motifs is 3. The molecule has 3 rings (SSSR count). The minimum absolute atomic E-state index is 0.265. The first-order chi connectivity index (χ1) is 14.7. The third kappa shape index (κ3) is 3.89. The van der Waals surface area contributed by atoms with Crippen molar-refractivity contribution in [3.8, 4) is 39.9 Å². The Bertz CT molecular complexity index is 1010. The summed E-state index contributed by atoms with van der Waals surface area (Å²) in [6.45, 7) is -0.611. The molecule has 0 N–H and O–H groups in total. The maximum atomic E-state index is 13.3. The Morgan fingerprint density at radius 2 is 1.29 bits per heavy atom. The lowest BCUT2D eigenvalue weighted by atomic mass is 9.94. The number of nitrogens with zero attached hydrogens (tertiary/aromatic N) is 1. The molecule has 0 saturated carbocycles. The highest BCUT2D eigenvalue weighted by atomic mass is 19.4. The highest BCUT2D eigenvalue weighted by Gasteiger charge is 2.44. The highest BCUT2D eigenvalue weighted by molar-refractivity contribution is 5.87. The molecule has 0 spiro atoms. The number of hydrogen-bond donors (Lipinski definition) is 0. The molecule has 1 aliphatic rings. The summed E-state index contributed by atoms with van der Waals surface area (Å²) in [5.74, 6) is -0.439. The van der Waals surface area contributed by atoms with Crippen LogP contribution in [0.5, 0.6) is 28.7 Å². The fourth-order valence-electron chi connectivity index (χ4n) is 3.70. The van der Waals surface area contributed by atoms with Crippen LogP contribution in [0.15, 0.2) is 18.2 Å². The number of carbonyl (C=O) groups excluding carboxylic acids is 1. The summed E-state index contributed by atoms with van der Waals surface area (Å²) in [5.41, 5.74) is 1.84. The van der Waals surface area contributed by atoms with Gasteiger partial charge in [0.2, 0.25) is 5.75 Å². The Hall–Kier alpha value is -3.30. The van der Waals surface area contributed by atoms with Crippen molar-refractivity contribution in [3.05, 3.63) is 29.3 Å². The van der Waals surface area contributed by atoms with Crippen LogP contribution in [-0.2, 0) is 17.9 Å². The number of hydrogen-bond acceptors (Lipinski definition) is 6. The predicted octanol–water partition coefficient (Wildman–Crippen LogP) is 3.80. The van der Waals surface area contributed by atoms with Crippen molar-refractivity contribution in [1.29, 1.82) is 0 Å². The van der Waals surface area contributed by atoms with Crippen LogP contribution < -0.4 is 23.7 Å². The van der Waals surface area contributed by atoms with Gasteiger partial charge in [0.15, 0.2) is 23.0 Å². The second-order valence-corrected chi connectivity index (χ2v) is 6.70. The minimum atomic E-state index is -5.03. The van der Waals surface area contributed by atoms with Crippen LogP contribution in [0, 0.1) is 0 Å². The maximum Gasteiger partial charge on any atom is 0.471 e. The molecule has 0 atom stereocenters. The fourth-order valence-corrected chi connectivity index (χ4v) is 3.70. The van der Waals surface area contributed by atoms with Crippen molar-refractivity contribution in [2.45, 2.75) is 19.3 Å². The minimum Gasteiger partial charge on any atom is -0.493 e. The van der Waals surface area contributed by atoms with E-state index in [2.05, 4.69) is 0 Å². The average molecular weight is 441 g/mol. The normalized spacial score (nSPS) is 13.0. The smallest absolute Gasteiger partial charge is 0.471 e. The van der Waals surface area contributed by atoms with Gasteiger partial charge in [-0.1, -0.05) is 0 Å². The molecule has 168 valence electrons. The van der Waals surface area contributed by atoms with Gasteiger partial charge in [-0.2, -0.15) is 13.2 Å². The third-order valence-electron chi connectivity index (χ3n) is 5.04. The Morgan fingerprint density at radius 3 is 1.81 bits per heavy atom. The summed E-state index contributed by atoms with van der Waals surface area (Å²) < 4.78 is 66.9. The molecule has 0 unspecified atom stereocenters. The summed E-state index contributed by atoms with van der Waals surface area (Å²) in [6.07, 6.45) is -5.03. The number of alkyl halides is 3. The Balaban J connectivity index is 2.38. The zero-order valence-electron chi connectivity index (χ0n) is 17.7. The molecule has 0 bridgehead atoms. The lowest BCUT2D eigenvalue weighted by Gasteiger charge is -2.23. The summed E-state index contributed by atoms with van der Waals surface area (Å²) in [6, 6.07) is 4.73. The van der Waals surface area contributed by atoms with E-state index in [9.17, 15) is 18.0 Å².